The van der Waals surface area contributed by atoms with Crippen molar-refractivity contribution in [3.8, 4) is 17.2 Å². The molecule has 8 heteroatoms. The van der Waals surface area contributed by atoms with E-state index >= 15 is 0 Å². The van der Waals surface area contributed by atoms with Gasteiger partial charge in [0.1, 0.15) is 5.75 Å². The molecule has 0 saturated carbocycles. The molecule has 5 aromatic rings. The van der Waals surface area contributed by atoms with E-state index in [1.165, 1.54) is 10.9 Å². The zero-order chi connectivity index (χ0) is 27.2. The monoisotopic (exact) mass is 536 g/mol. The third kappa shape index (κ3) is 6.34. The number of anilines is 2. The molecule has 0 spiro atoms. The van der Waals surface area contributed by atoms with Crippen molar-refractivity contribution in [1.82, 2.24) is 15.1 Å². The topological polar surface area (TPSA) is 85.2 Å². The lowest BCUT2D eigenvalue weighted by atomic mass is 10.1. The standard InChI is InChI=1S/C31H25ClN4O3/c1-21-7-5-12-27(17-21)39-28-20-34-36(26-15-13-24(32)14-16-26)31(38)29(28)35-25-11-6-10-23(18-25)30(37)33-19-22-8-3-2-4-9-22/h2-18,20,35H,19H2,1H3,(H,33,37). The maximum Gasteiger partial charge on any atom is 0.299 e. The minimum atomic E-state index is -0.429. The van der Waals surface area contributed by atoms with E-state index in [4.69, 9.17) is 16.3 Å². The van der Waals surface area contributed by atoms with Crippen molar-refractivity contribution >= 4 is 28.9 Å². The van der Waals surface area contributed by atoms with Gasteiger partial charge in [0, 0.05) is 22.8 Å². The van der Waals surface area contributed by atoms with Gasteiger partial charge in [-0.15, -0.1) is 0 Å². The van der Waals surface area contributed by atoms with E-state index in [1.54, 1.807) is 54.6 Å². The van der Waals surface area contributed by atoms with Crippen LogP contribution in [-0.4, -0.2) is 15.7 Å². The summed E-state index contributed by atoms with van der Waals surface area (Å²) in [7, 11) is 0. The number of nitrogens with zero attached hydrogens (tertiary/aromatic N) is 2. The van der Waals surface area contributed by atoms with Crippen molar-refractivity contribution in [2.75, 3.05) is 5.32 Å². The summed E-state index contributed by atoms with van der Waals surface area (Å²) < 4.78 is 7.34. The number of hydrogen-bond acceptors (Lipinski definition) is 5. The Labute approximate surface area is 230 Å². The summed E-state index contributed by atoms with van der Waals surface area (Å²) in [6.45, 7) is 2.36. The van der Waals surface area contributed by atoms with Gasteiger partial charge in [0.05, 0.1) is 11.9 Å². The molecule has 4 aromatic carbocycles. The Bertz CT molecular complexity index is 1670. The van der Waals surface area contributed by atoms with E-state index in [0.29, 0.717) is 34.3 Å². The normalized spacial score (nSPS) is 10.6. The number of amides is 1. The van der Waals surface area contributed by atoms with Crippen molar-refractivity contribution in [1.29, 1.82) is 0 Å². The van der Waals surface area contributed by atoms with Gasteiger partial charge < -0.3 is 15.4 Å². The number of benzene rings is 4. The molecule has 1 amide bonds. The van der Waals surface area contributed by atoms with Crippen LogP contribution < -0.4 is 20.9 Å². The molecule has 39 heavy (non-hydrogen) atoms. The Morgan fingerprint density at radius 2 is 1.69 bits per heavy atom. The zero-order valence-electron chi connectivity index (χ0n) is 21.1. The van der Waals surface area contributed by atoms with Crippen LogP contribution in [0.15, 0.2) is 114 Å². The van der Waals surface area contributed by atoms with Crippen LogP contribution in [0.1, 0.15) is 21.5 Å². The summed E-state index contributed by atoms with van der Waals surface area (Å²) in [5.41, 5.74) is 3.29. The van der Waals surface area contributed by atoms with Gasteiger partial charge >= 0.3 is 0 Å². The lowest BCUT2D eigenvalue weighted by molar-refractivity contribution is 0.0951. The minimum absolute atomic E-state index is 0.170. The van der Waals surface area contributed by atoms with Gasteiger partial charge in [0.15, 0.2) is 11.4 Å². The summed E-state index contributed by atoms with van der Waals surface area (Å²) in [5.74, 6) is 0.583. The predicted molar refractivity (Wildman–Crippen MR) is 153 cm³/mol. The van der Waals surface area contributed by atoms with Crippen LogP contribution in [0.4, 0.5) is 11.4 Å². The van der Waals surface area contributed by atoms with Crippen LogP contribution in [-0.2, 0) is 6.54 Å². The molecule has 0 fully saturated rings. The van der Waals surface area contributed by atoms with Crippen LogP contribution in [0.25, 0.3) is 5.69 Å². The molecule has 5 rings (SSSR count). The SMILES string of the molecule is Cc1cccc(Oc2cnn(-c3ccc(Cl)cc3)c(=O)c2Nc2cccc(C(=O)NCc3ccccc3)c2)c1. The first-order chi connectivity index (χ1) is 19.0. The van der Waals surface area contributed by atoms with E-state index in [9.17, 15) is 9.59 Å². The average Bonchev–Trinajstić information content (AvgIpc) is 2.95. The highest BCUT2D eigenvalue weighted by molar-refractivity contribution is 6.30. The van der Waals surface area contributed by atoms with Crippen LogP contribution in [0.5, 0.6) is 11.5 Å². The Morgan fingerprint density at radius 1 is 0.923 bits per heavy atom. The number of hydrogen-bond donors (Lipinski definition) is 2. The zero-order valence-corrected chi connectivity index (χ0v) is 21.9. The van der Waals surface area contributed by atoms with Crippen LogP contribution in [0, 0.1) is 6.92 Å². The van der Waals surface area contributed by atoms with Crippen molar-refractivity contribution < 1.29 is 9.53 Å². The Kier molecular flexibility index (Phi) is 7.70. The highest BCUT2D eigenvalue weighted by Gasteiger charge is 2.16. The third-order valence-corrected chi connectivity index (χ3v) is 6.17. The van der Waals surface area contributed by atoms with Crippen molar-refractivity contribution in [2.24, 2.45) is 0 Å². The second kappa shape index (κ2) is 11.7. The second-order valence-corrected chi connectivity index (χ2v) is 9.31. The fourth-order valence-corrected chi connectivity index (χ4v) is 4.09. The molecular formula is C31H25ClN4O3. The third-order valence-electron chi connectivity index (χ3n) is 5.92. The highest BCUT2D eigenvalue weighted by Crippen LogP contribution is 2.29. The fourth-order valence-electron chi connectivity index (χ4n) is 3.97. The van der Waals surface area contributed by atoms with Crippen molar-refractivity contribution in [3.05, 3.63) is 141 Å². The molecule has 2 N–H and O–H groups in total. The van der Waals surface area contributed by atoms with Gasteiger partial charge in [-0.05, 0) is 72.6 Å². The van der Waals surface area contributed by atoms with E-state index in [2.05, 4.69) is 15.7 Å². The Hall–Kier alpha value is -4.88. The summed E-state index contributed by atoms with van der Waals surface area (Å²) in [6, 6.07) is 30.9. The molecule has 0 bridgehead atoms. The molecule has 7 nitrogen and oxygen atoms in total. The van der Waals surface area contributed by atoms with Gasteiger partial charge in [0.25, 0.3) is 11.5 Å². The lowest BCUT2D eigenvalue weighted by Gasteiger charge is -2.15. The van der Waals surface area contributed by atoms with Gasteiger partial charge in [-0.2, -0.15) is 9.78 Å². The molecule has 194 valence electrons. The van der Waals surface area contributed by atoms with Gasteiger partial charge in [0.2, 0.25) is 0 Å². The summed E-state index contributed by atoms with van der Waals surface area (Å²) in [6.07, 6.45) is 1.48. The minimum Gasteiger partial charge on any atom is -0.453 e. The number of carbonyl (C=O) groups is 1. The average molecular weight is 537 g/mol. The van der Waals surface area contributed by atoms with Crippen molar-refractivity contribution in [2.45, 2.75) is 13.5 Å². The molecule has 0 unspecified atom stereocenters. The molecule has 0 aliphatic rings. The number of carbonyl (C=O) groups excluding carboxylic acids is 1. The first kappa shape index (κ1) is 25.8. The van der Waals surface area contributed by atoms with E-state index in [-0.39, 0.29) is 17.3 Å². The molecule has 0 aliphatic heterocycles. The molecule has 1 heterocycles. The van der Waals surface area contributed by atoms with E-state index in [0.717, 1.165) is 11.1 Å². The van der Waals surface area contributed by atoms with Gasteiger partial charge in [-0.1, -0.05) is 60.1 Å². The first-order valence-corrected chi connectivity index (χ1v) is 12.7. The fraction of sp³-hybridized carbons (Fsp3) is 0.0645. The van der Waals surface area contributed by atoms with Gasteiger partial charge in [-0.25, -0.2) is 0 Å². The van der Waals surface area contributed by atoms with E-state index in [1.807, 2.05) is 55.5 Å². The smallest absolute Gasteiger partial charge is 0.299 e. The quantitative estimate of drug-likeness (QED) is 0.231. The maximum absolute atomic E-state index is 13.7. The summed E-state index contributed by atoms with van der Waals surface area (Å²) >= 11 is 6.03. The number of halogens is 1. The largest absolute Gasteiger partial charge is 0.453 e. The maximum atomic E-state index is 13.7. The number of aryl methyl sites for hydroxylation is 1. The highest BCUT2D eigenvalue weighted by atomic mass is 35.5. The molecule has 0 atom stereocenters. The van der Waals surface area contributed by atoms with Crippen LogP contribution >= 0.6 is 11.6 Å². The number of aromatic nitrogens is 2. The number of nitrogens with one attached hydrogen (secondary N) is 2. The second-order valence-electron chi connectivity index (χ2n) is 8.87. The Morgan fingerprint density at radius 3 is 2.46 bits per heavy atom. The molecule has 0 aliphatic carbocycles. The summed E-state index contributed by atoms with van der Waals surface area (Å²) in [5, 5.41) is 11.0. The molecular weight excluding hydrogens is 512 g/mol. The van der Waals surface area contributed by atoms with Crippen LogP contribution in [0.2, 0.25) is 5.02 Å². The molecule has 0 saturated heterocycles. The Balaban J connectivity index is 1.46. The predicted octanol–water partition coefficient (Wildman–Crippen LogP) is 6.66. The number of rotatable bonds is 8. The summed E-state index contributed by atoms with van der Waals surface area (Å²) in [4.78, 5) is 26.5. The van der Waals surface area contributed by atoms with E-state index < -0.39 is 5.56 Å². The lowest BCUT2D eigenvalue weighted by Crippen LogP contribution is -2.24. The number of ether oxygens (including phenoxy) is 1. The van der Waals surface area contributed by atoms with Crippen molar-refractivity contribution in [3.63, 3.8) is 0 Å². The van der Waals surface area contributed by atoms with Crippen LogP contribution in [0.3, 0.4) is 0 Å². The molecule has 1 aromatic heterocycles. The van der Waals surface area contributed by atoms with Gasteiger partial charge in [-0.3, -0.25) is 9.59 Å². The first-order valence-electron chi connectivity index (χ1n) is 12.3. The molecule has 0 radical (unpaired) electrons.